The second kappa shape index (κ2) is 5.63. The summed E-state index contributed by atoms with van der Waals surface area (Å²) in [6.07, 6.45) is 0. The zero-order valence-electron chi connectivity index (χ0n) is 9.65. The number of amides is 1. The number of benzene rings is 2. The standard InChI is InChI=1S/C14H8BrFN2O/c15-12-7-11(4-5-13(12)16)18-14(19)10-3-1-2-9(6-10)8-17/h1-7H,(H,18,19). The van der Waals surface area contributed by atoms with Crippen LogP contribution in [0.25, 0.3) is 0 Å². The molecule has 0 spiro atoms. The Kier molecular flexibility index (Phi) is 3.93. The topological polar surface area (TPSA) is 52.9 Å². The SMILES string of the molecule is N#Cc1cccc(C(=O)Nc2ccc(F)c(Br)c2)c1. The normalized spacial score (nSPS) is 9.74. The van der Waals surface area contributed by atoms with Crippen molar-refractivity contribution in [3.05, 3.63) is 63.9 Å². The molecule has 0 aromatic heterocycles. The second-order valence-electron chi connectivity index (χ2n) is 3.78. The summed E-state index contributed by atoms with van der Waals surface area (Å²) >= 11 is 3.05. The van der Waals surface area contributed by atoms with Gasteiger partial charge in [-0.05, 0) is 52.3 Å². The van der Waals surface area contributed by atoms with Crippen molar-refractivity contribution in [2.45, 2.75) is 0 Å². The van der Waals surface area contributed by atoms with Gasteiger partial charge in [0.15, 0.2) is 0 Å². The second-order valence-corrected chi connectivity index (χ2v) is 4.63. The third kappa shape index (κ3) is 3.18. The summed E-state index contributed by atoms with van der Waals surface area (Å²) in [6.45, 7) is 0. The molecule has 0 heterocycles. The zero-order chi connectivity index (χ0) is 13.8. The van der Waals surface area contributed by atoms with Crippen LogP contribution in [0.1, 0.15) is 15.9 Å². The Labute approximate surface area is 117 Å². The summed E-state index contributed by atoms with van der Waals surface area (Å²) < 4.78 is 13.3. The number of carbonyl (C=O) groups is 1. The Morgan fingerprint density at radius 2 is 2.05 bits per heavy atom. The maximum Gasteiger partial charge on any atom is 0.255 e. The van der Waals surface area contributed by atoms with Gasteiger partial charge in [-0.15, -0.1) is 0 Å². The smallest absolute Gasteiger partial charge is 0.255 e. The molecule has 5 heteroatoms. The third-order valence-electron chi connectivity index (χ3n) is 2.43. The lowest BCUT2D eigenvalue weighted by molar-refractivity contribution is 0.102. The van der Waals surface area contributed by atoms with Gasteiger partial charge < -0.3 is 5.32 Å². The predicted molar refractivity (Wildman–Crippen MR) is 73.2 cm³/mol. The Morgan fingerprint density at radius 1 is 1.26 bits per heavy atom. The highest BCUT2D eigenvalue weighted by Gasteiger charge is 2.08. The summed E-state index contributed by atoms with van der Waals surface area (Å²) in [5.74, 6) is -0.750. The fraction of sp³-hybridized carbons (Fsp3) is 0. The Balaban J connectivity index is 2.21. The van der Waals surface area contributed by atoms with E-state index in [4.69, 9.17) is 5.26 Å². The average molecular weight is 319 g/mol. The summed E-state index contributed by atoms with van der Waals surface area (Å²) in [4.78, 5) is 11.9. The fourth-order valence-electron chi connectivity index (χ4n) is 1.51. The number of hydrogen-bond donors (Lipinski definition) is 1. The van der Waals surface area contributed by atoms with E-state index in [2.05, 4.69) is 21.2 Å². The molecule has 2 aromatic rings. The number of carbonyl (C=O) groups excluding carboxylic acids is 1. The van der Waals surface area contributed by atoms with E-state index >= 15 is 0 Å². The predicted octanol–water partition coefficient (Wildman–Crippen LogP) is 3.71. The molecule has 0 aliphatic heterocycles. The molecule has 0 aliphatic rings. The molecule has 3 nitrogen and oxygen atoms in total. The Morgan fingerprint density at radius 3 is 2.74 bits per heavy atom. The largest absolute Gasteiger partial charge is 0.322 e. The highest BCUT2D eigenvalue weighted by atomic mass is 79.9. The van der Waals surface area contributed by atoms with Crippen LogP contribution in [0.3, 0.4) is 0 Å². The Hall–Kier alpha value is -2.19. The molecule has 2 aromatic carbocycles. The zero-order valence-corrected chi connectivity index (χ0v) is 11.2. The van der Waals surface area contributed by atoms with Gasteiger partial charge in [0.1, 0.15) is 5.82 Å². The van der Waals surface area contributed by atoms with E-state index in [9.17, 15) is 9.18 Å². The highest BCUT2D eigenvalue weighted by molar-refractivity contribution is 9.10. The summed E-state index contributed by atoms with van der Waals surface area (Å²) in [5.41, 5.74) is 1.26. The lowest BCUT2D eigenvalue weighted by atomic mass is 10.1. The van der Waals surface area contributed by atoms with Gasteiger partial charge in [0.25, 0.3) is 5.91 Å². The molecule has 0 bridgehead atoms. The quantitative estimate of drug-likeness (QED) is 0.917. The van der Waals surface area contributed by atoms with E-state index in [1.165, 1.54) is 24.3 Å². The van der Waals surface area contributed by atoms with Crippen molar-refractivity contribution in [1.29, 1.82) is 5.26 Å². The molecule has 0 unspecified atom stereocenters. The molecule has 2 rings (SSSR count). The molecular weight excluding hydrogens is 311 g/mol. The van der Waals surface area contributed by atoms with Gasteiger partial charge in [0, 0.05) is 11.3 Å². The number of anilines is 1. The molecule has 0 fully saturated rings. The first-order chi connectivity index (χ1) is 9.10. The van der Waals surface area contributed by atoms with Gasteiger partial charge in [-0.3, -0.25) is 4.79 Å². The number of nitrogens with one attached hydrogen (secondary N) is 1. The minimum Gasteiger partial charge on any atom is -0.322 e. The lowest BCUT2D eigenvalue weighted by Crippen LogP contribution is -2.12. The molecule has 0 aliphatic carbocycles. The van der Waals surface area contributed by atoms with Crippen LogP contribution in [0.5, 0.6) is 0 Å². The molecule has 94 valence electrons. The molecular formula is C14H8BrFN2O. The number of rotatable bonds is 2. The van der Waals surface area contributed by atoms with E-state index < -0.39 is 5.82 Å². The van der Waals surface area contributed by atoms with Crippen LogP contribution in [0.4, 0.5) is 10.1 Å². The van der Waals surface area contributed by atoms with Crippen molar-refractivity contribution >= 4 is 27.5 Å². The van der Waals surface area contributed by atoms with Crippen molar-refractivity contribution in [3.8, 4) is 6.07 Å². The maximum absolute atomic E-state index is 13.1. The van der Waals surface area contributed by atoms with E-state index in [1.807, 2.05) is 6.07 Å². The number of nitriles is 1. The van der Waals surface area contributed by atoms with Gasteiger partial charge >= 0.3 is 0 Å². The minimum absolute atomic E-state index is 0.274. The van der Waals surface area contributed by atoms with Crippen LogP contribution in [-0.2, 0) is 0 Å². The van der Waals surface area contributed by atoms with Crippen molar-refractivity contribution in [3.63, 3.8) is 0 Å². The first-order valence-electron chi connectivity index (χ1n) is 5.37. The molecule has 0 saturated heterocycles. The summed E-state index contributed by atoms with van der Waals surface area (Å²) in [5, 5.41) is 11.4. The first-order valence-corrected chi connectivity index (χ1v) is 6.16. The average Bonchev–Trinajstić information content (AvgIpc) is 2.43. The highest BCUT2D eigenvalue weighted by Crippen LogP contribution is 2.20. The van der Waals surface area contributed by atoms with E-state index in [1.54, 1.807) is 18.2 Å². The molecule has 0 saturated carbocycles. The minimum atomic E-state index is -0.399. The Bertz CT molecular complexity index is 679. The monoisotopic (exact) mass is 318 g/mol. The van der Waals surface area contributed by atoms with Crippen molar-refractivity contribution in [1.82, 2.24) is 0 Å². The van der Waals surface area contributed by atoms with Gasteiger partial charge in [-0.2, -0.15) is 5.26 Å². The molecule has 0 atom stereocenters. The van der Waals surface area contributed by atoms with Gasteiger partial charge in [0.05, 0.1) is 16.1 Å². The fourth-order valence-corrected chi connectivity index (χ4v) is 1.89. The van der Waals surface area contributed by atoms with Crippen LogP contribution < -0.4 is 5.32 Å². The van der Waals surface area contributed by atoms with Gasteiger partial charge in [-0.1, -0.05) is 6.07 Å². The van der Waals surface area contributed by atoms with Crippen molar-refractivity contribution in [2.24, 2.45) is 0 Å². The number of halogens is 2. The van der Waals surface area contributed by atoms with E-state index in [-0.39, 0.29) is 10.4 Å². The van der Waals surface area contributed by atoms with Crippen LogP contribution in [0, 0.1) is 17.1 Å². The third-order valence-corrected chi connectivity index (χ3v) is 3.04. The van der Waals surface area contributed by atoms with E-state index in [0.29, 0.717) is 16.8 Å². The molecule has 1 amide bonds. The molecule has 19 heavy (non-hydrogen) atoms. The summed E-state index contributed by atoms with van der Waals surface area (Å²) in [6, 6.07) is 12.5. The first kappa shape index (κ1) is 13.2. The molecule has 1 N–H and O–H groups in total. The van der Waals surface area contributed by atoms with Gasteiger partial charge in [-0.25, -0.2) is 4.39 Å². The van der Waals surface area contributed by atoms with Crippen LogP contribution in [0.15, 0.2) is 46.9 Å². The van der Waals surface area contributed by atoms with E-state index in [0.717, 1.165) is 0 Å². The van der Waals surface area contributed by atoms with Crippen LogP contribution >= 0.6 is 15.9 Å². The lowest BCUT2D eigenvalue weighted by Gasteiger charge is -2.06. The summed E-state index contributed by atoms with van der Waals surface area (Å²) in [7, 11) is 0. The number of nitrogens with zero attached hydrogens (tertiary/aromatic N) is 1. The van der Waals surface area contributed by atoms with Crippen molar-refractivity contribution < 1.29 is 9.18 Å². The van der Waals surface area contributed by atoms with Crippen molar-refractivity contribution in [2.75, 3.05) is 5.32 Å². The molecule has 0 radical (unpaired) electrons. The number of hydrogen-bond acceptors (Lipinski definition) is 2. The van der Waals surface area contributed by atoms with Crippen LogP contribution in [-0.4, -0.2) is 5.91 Å². The van der Waals surface area contributed by atoms with Gasteiger partial charge in [0.2, 0.25) is 0 Å². The van der Waals surface area contributed by atoms with Crippen LogP contribution in [0.2, 0.25) is 0 Å². The maximum atomic E-state index is 13.1.